The fourth-order valence-electron chi connectivity index (χ4n) is 1.81. The number of nitrogens with one attached hydrogen (secondary N) is 1. The highest BCUT2D eigenvalue weighted by molar-refractivity contribution is 6.31. The first-order valence-corrected chi connectivity index (χ1v) is 7.31. The van der Waals surface area contributed by atoms with Gasteiger partial charge in [0.1, 0.15) is 11.6 Å². The Hall–Kier alpha value is -1.78. The van der Waals surface area contributed by atoms with Crippen molar-refractivity contribution in [3.63, 3.8) is 0 Å². The lowest BCUT2D eigenvalue weighted by atomic mass is 10.2. The van der Waals surface area contributed by atoms with Crippen molar-refractivity contribution >= 4 is 34.8 Å². The van der Waals surface area contributed by atoms with Crippen LogP contribution in [-0.4, -0.2) is 12.0 Å². The number of anilines is 1. The fraction of sp³-hybridized carbons (Fsp3) is 0.188. The maximum absolute atomic E-state index is 13.7. The molecular weight excluding hydrogens is 328 g/mol. The van der Waals surface area contributed by atoms with Crippen molar-refractivity contribution < 1.29 is 13.9 Å². The molecule has 0 saturated heterocycles. The highest BCUT2D eigenvalue weighted by atomic mass is 35.5. The number of hydrogen-bond donors (Lipinski definition) is 1. The van der Waals surface area contributed by atoms with E-state index in [1.165, 1.54) is 12.1 Å². The van der Waals surface area contributed by atoms with Crippen LogP contribution < -0.4 is 10.1 Å². The van der Waals surface area contributed by atoms with Crippen molar-refractivity contribution in [1.29, 1.82) is 0 Å². The maximum atomic E-state index is 13.7. The van der Waals surface area contributed by atoms with Gasteiger partial charge in [-0.05, 0) is 55.8 Å². The summed E-state index contributed by atoms with van der Waals surface area (Å²) in [5.74, 6) is -0.519. The molecule has 0 fully saturated rings. The fourth-order valence-corrected chi connectivity index (χ4v) is 2.20. The van der Waals surface area contributed by atoms with Crippen LogP contribution in [0.5, 0.6) is 5.75 Å². The molecule has 0 unspecified atom stereocenters. The smallest absolute Gasteiger partial charge is 0.265 e. The number of hydrogen-bond acceptors (Lipinski definition) is 2. The van der Waals surface area contributed by atoms with Crippen LogP contribution >= 0.6 is 23.2 Å². The van der Waals surface area contributed by atoms with E-state index in [0.29, 0.717) is 10.8 Å². The SMILES string of the molecule is Cc1cc(Cl)ccc1O[C@@H](C)C(=O)Nc1ccc(Cl)cc1F. The van der Waals surface area contributed by atoms with Gasteiger partial charge in [-0.3, -0.25) is 4.79 Å². The standard InChI is InChI=1S/C16H14Cl2FNO2/c1-9-7-11(17)4-6-15(9)22-10(2)16(21)20-14-5-3-12(18)8-13(14)19/h3-8,10H,1-2H3,(H,20,21)/t10-/m0/s1. The highest BCUT2D eigenvalue weighted by Gasteiger charge is 2.17. The van der Waals surface area contributed by atoms with Gasteiger partial charge >= 0.3 is 0 Å². The van der Waals surface area contributed by atoms with Gasteiger partial charge in [0.15, 0.2) is 6.10 Å². The van der Waals surface area contributed by atoms with Gasteiger partial charge < -0.3 is 10.1 Å². The molecule has 0 aliphatic heterocycles. The minimum absolute atomic E-state index is 0.0534. The predicted molar refractivity (Wildman–Crippen MR) is 86.3 cm³/mol. The van der Waals surface area contributed by atoms with E-state index in [4.69, 9.17) is 27.9 Å². The molecule has 0 bridgehead atoms. The van der Waals surface area contributed by atoms with E-state index in [-0.39, 0.29) is 10.7 Å². The van der Waals surface area contributed by atoms with Crippen LogP contribution in [0.15, 0.2) is 36.4 Å². The van der Waals surface area contributed by atoms with Crippen LogP contribution in [0.4, 0.5) is 10.1 Å². The minimum Gasteiger partial charge on any atom is -0.481 e. The molecule has 6 heteroatoms. The van der Waals surface area contributed by atoms with Crippen LogP contribution in [0.2, 0.25) is 10.0 Å². The summed E-state index contributed by atoms with van der Waals surface area (Å²) in [5, 5.41) is 3.31. The van der Waals surface area contributed by atoms with Gasteiger partial charge in [-0.2, -0.15) is 0 Å². The van der Waals surface area contributed by atoms with E-state index in [0.717, 1.165) is 11.6 Å². The zero-order valence-corrected chi connectivity index (χ0v) is 13.5. The first-order valence-electron chi connectivity index (χ1n) is 6.55. The summed E-state index contributed by atoms with van der Waals surface area (Å²) in [6, 6.07) is 9.12. The van der Waals surface area contributed by atoms with Crippen LogP contribution in [-0.2, 0) is 4.79 Å². The summed E-state index contributed by atoms with van der Waals surface area (Å²) in [4.78, 5) is 12.1. The quantitative estimate of drug-likeness (QED) is 0.863. The summed E-state index contributed by atoms with van der Waals surface area (Å²) < 4.78 is 19.2. The van der Waals surface area contributed by atoms with Gasteiger partial charge in [-0.25, -0.2) is 4.39 Å². The van der Waals surface area contributed by atoms with Crippen molar-refractivity contribution in [3.8, 4) is 5.75 Å². The first-order chi connectivity index (χ1) is 10.4. The van der Waals surface area contributed by atoms with Crippen molar-refractivity contribution in [2.45, 2.75) is 20.0 Å². The molecule has 0 aliphatic carbocycles. The van der Waals surface area contributed by atoms with Crippen molar-refractivity contribution in [3.05, 3.63) is 57.8 Å². The maximum Gasteiger partial charge on any atom is 0.265 e. The Balaban J connectivity index is 2.05. The number of benzene rings is 2. The zero-order chi connectivity index (χ0) is 16.3. The third kappa shape index (κ3) is 4.12. The second-order valence-corrected chi connectivity index (χ2v) is 5.66. The number of rotatable bonds is 4. The van der Waals surface area contributed by atoms with Gasteiger partial charge in [0, 0.05) is 10.0 Å². The number of carbonyl (C=O) groups excluding carboxylic acids is 1. The number of aryl methyl sites for hydroxylation is 1. The number of carbonyl (C=O) groups is 1. The average Bonchev–Trinajstić information content (AvgIpc) is 2.44. The lowest BCUT2D eigenvalue weighted by Crippen LogP contribution is -2.30. The summed E-state index contributed by atoms with van der Waals surface area (Å²) in [5.41, 5.74) is 0.863. The third-order valence-electron chi connectivity index (χ3n) is 3.00. The molecule has 0 aromatic heterocycles. The predicted octanol–water partition coefficient (Wildman–Crippen LogP) is 4.85. The van der Waals surface area contributed by atoms with Crippen LogP contribution in [0, 0.1) is 12.7 Å². The summed E-state index contributed by atoms with van der Waals surface area (Å²) in [6.45, 7) is 3.40. The van der Waals surface area contributed by atoms with Crippen molar-refractivity contribution in [2.24, 2.45) is 0 Å². The van der Waals surface area contributed by atoms with E-state index in [1.807, 2.05) is 6.92 Å². The molecule has 1 amide bonds. The number of ether oxygens (including phenoxy) is 1. The van der Waals surface area contributed by atoms with Crippen LogP contribution in [0.25, 0.3) is 0 Å². The van der Waals surface area contributed by atoms with Gasteiger partial charge in [-0.1, -0.05) is 23.2 Å². The molecule has 2 aromatic rings. The Bertz CT molecular complexity index is 707. The summed E-state index contributed by atoms with van der Waals surface area (Å²) >= 11 is 11.5. The Labute approximate surface area is 138 Å². The second-order valence-electron chi connectivity index (χ2n) is 4.78. The molecule has 2 rings (SSSR count). The molecule has 0 heterocycles. The molecule has 1 N–H and O–H groups in total. The Morgan fingerprint density at radius 3 is 2.45 bits per heavy atom. The van der Waals surface area contributed by atoms with Crippen LogP contribution in [0.3, 0.4) is 0 Å². The number of amides is 1. The first kappa shape index (κ1) is 16.6. The average molecular weight is 342 g/mol. The Morgan fingerprint density at radius 1 is 1.18 bits per heavy atom. The van der Waals surface area contributed by atoms with Crippen molar-refractivity contribution in [2.75, 3.05) is 5.32 Å². The molecule has 2 aromatic carbocycles. The molecule has 22 heavy (non-hydrogen) atoms. The van der Waals surface area contributed by atoms with Gasteiger partial charge in [0.25, 0.3) is 5.91 Å². The molecule has 0 saturated carbocycles. The van der Waals surface area contributed by atoms with E-state index in [9.17, 15) is 9.18 Å². The van der Waals surface area contributed by atoms with Gasteiger partial charge in [0.2, 0.25) is 0 Å². The normalized spacial score (nSPS) is 11.9. The van der Waals surface area contributed by atoms with Crippen LogP contribution in [0.1, 0.15) is 12.5 Å². The summed E-state index contributed by atoms with van der Waals surface area (Å²) in [6.07, 6.45) is -0.796. The van der Waals surface area contributed by atoms with E-state index in [1.54, 1.807) is 25.1 Å². The molecule has 0 radical (unpaired) electrons. The number of halogens is 3. The third-order valence-corrected chi connectivity index (χ3v) is 3.47. The van der Waals surface area contributed by atoms with E-state index >= 15 is 0 Å². The largest absolute Gasteiger partial charge is 0.481 e. The Morgan fingerprint density at radius 2 is 1.82 bits per heavy atom. The van der Waals surface area contributed by atoms with E-state index in [2.05, 4.69) is 5.32 Å². The molecular formula is C16H14Cl2FNO2. The highest BCUT2D eigenvalue weighted by Crippen LogP contribution is 2.23. The topological polar surface area (TPSA) is 38.3 Å². The van der Waals surface area contributed by atoms with Gasteiger partial charge in [0.05, 0.1) is 5.69 Å². The molecule has 0 aliphatic rings. The minimum atomic E-state index is -0.796. The zero-order valence-electron chi connectivity index (χ0n) is 12.0. The molecule has 1 atom stereocenters. The molecule has 116 valence electrons. The Kier molecular flexibility index (Phi) is 5.27. The molecule has 3 nitrogen and oxygen atoms in total. The van der Waals surface area contributed by atoms with E-state index < -0.39 is 17.8 Å². The van der Waals surface area contributed by atoms with Gasteiger partial charge in [-0.15, -0.1) is 0 Å². The molecule has 0 spiro atoms. The lowest BCUT2D eigenvalue weighted by molar-refractivity contribution is -0.122. The summed E-state index contributed by atoms with van der Waals surface area (Å²) in [7, 11) is 0. The lowest BCUT2D eigenvalue weighted by Gasteiger charge is -2.16. The second kappa shape index (κ2) is 6.99. The van der Waals surface area contributed by atoms with Crippen molar-refractivity contribution in [1.82, 2.24) is 0 Å². The monoisotopic (exact) mass is 341 g/mol.